The van der Waals surface area contributed by atoms with E-state index in [1.807, 2.05) is 13.8 Å². The molecule has 2 N–H and O–H groups in total. The zero-order valence-corrected chi connectivity index (χ0v) is 11.5. The molecule has 0 aromatic carbocycles. The van der Waals surface area contributed by atoms with E-state index in [9.17, 15) is 4.79 Å². The zero-order valence-electron chi connectivity index (χ0n) is 11.5. The number of hydrogen-bond donors (Lipinski definition) is 2. The first-order chi connectivity index (χ1) is 8.15. The van der Waals surface area contributed by atoms with Crippen molar-refractivity contribution in [2.24, 2.45) is 0 Å². The Bertz CT molecular complexity index is 227. The molecule has 1 aliphatic heterocycles. The van der Waals surface area contributed by atoms with Gasteiger partial charge < -0.3 is 10.6 Å². The average Bonchev–Trinajstić information content (AvgIpc) is 2.36. The van der Waals surface area contributed by atoms with Crippen LogP contribution < -0.4 is 10.6 Å². The molecular weight excluding hydrogens is 214 g/mol. The number of rotatable bonds is 6. The normalized spacial score (nSPS) is 20.9. The lowest BCUT2D eigenvalue weighted by Crippen LogP contribution is -2.48. The van der Waals surface area contributed by atoms with Gasteiger partial charge in [-0.1, -0.05) is 6.42 Å². The summed E-state index contributed by atoms with van der Waals surface area (Å²) in [5.41, 5.74) is 0. The van der Waals surface area contributed by atoms with Crippen molar-refractivity contribution in [3.8, 4) is 0 Å². The van der Waals surface area contributed by atoms with Crippen molar-refractivity contribution in [2.75, 3.05) is 26.2 Å². The molecule has 1 heterocycles. The number of nitrogens with one attached hydrogen (secondary N) is 2. The Balaban J connectivity index is 2.22. The second-order valence-electron chi connectivity index (χ2n) is 4.97. The lowest BCUT2D eigenvalue weighted by atomic mass is 10.1. The molecule has 0 aromatic heterocycles. The Kier molecular flexibility index (Phi) is 6.52. The fourth-order valence-electron chi connectivity index (χ4n) is 2.26. The summed E-state index contributed by atoms with van der Waals surface area (Å²) in [5, 5.41) is 6.14. The molecule has 1 saturated heterocycles. The maximum Gasteiger partial charge on any atom is 0.236 e. The zero-order chi connectivity index (χ0) is 12.7. The van der Waals surface area contributed by atoms with Crippen molar-refractivity contribution in [3.63, 3.8) is 0 Å². The quantitative estimate of drug-likeness (QED) is 0.728. The fourth-order valence-corrected chi connectivity index (χ4v) is 2.26. The van der Waals surface area contributed by atoms with Crippen LogP contribution in [0.2, 0.25) is 0 Å². The van der Waals surface area contributed by atoms with E-state index in [1.165, 1.54) is 32.4 Å². The summed E-state index contributed by atoms with van der Waals surface area (Å²) in [6.07, 6.45) is 4.00. The van der Waals surface area contributed by atoms with Crippen LogP contribution in [0, 0.1) is 0 Å². The summed E-state index contributed by atoms with van der Waals surface area (Å²) >= 11 is 0. The van der Waals surface area contributed by atoms with Crippen molar-refractivity contribution in [1.82, 2.24) is 15.5 Å². The van der Waals surface area contributed by atoms with Crippen LogP contribution in [0.15, 0.2) is 0 Å². The first-order valence-corrected chi connectivity index (χ1v) is 6.90. The van der Waals surface area contributed by atoms with Gasteiger partial charge in [-0.2, -0.15) is 0 Å². The highest BCUT2D eigenvalue weighted by Gasteiger charge is 2.18. The van der Waals surface area contributed by atoms with Crippen molar-refractivity contribution in [3.05, 3.63) is 0 Å². The number of likely N-dealkylation sites (tertiary alicyclic amines) is 1. The first-order valence-electron chi connectivity index (χ1n) is 6.90. The third kappa shape index (κ3) is 5.04. The van der Waals surface area contributed by atoms with Crippen molar-refractivity contribution >= 4 is 5.91 Å². The number of carbonyl (C=O) groups excluding carboxylic acids is 1. The van der Waals surface area contributed by atoms with Gasteiger partial charge in [0.15, 0.2) is 0 Å². The number of carbonyl (C=O) groups is 1. The molecule has 4 heteroatoms. The van der Waals surface area contributed by atoms with E-state index in [0.717, 1.165) is 6.54 Å². The number of hydrogen-bond acceptors (Lipinski definition) is 3. The number of piperidine rings is 1. The number of likely N-dealkylation sites (N-methyl/N-ethyl adjacent to an activating group) is 1. The summed E-state index contributed by atoms with van der Waals surface area (Å²) in [6, 6.07) is 0.425. The molecule has 1 aliphatic rings. The molecule has 4 nitrogen and oxygen atoms in total. The van der Waals surface area contributed by atoms with Crippen molar-refractivity contribution < 1.29 is 4.79 Å². The third-order valence-electron chi connectivity index (χ3n) is 3.48. The third-order valence-corrected chi connectivity index (χ3v) is 3.48. The molecule has 1 fully saturated rings. The Morgan fingerprint density at radius 2 is 1.88 bits per heavy atom. The lowest BCUT2D eigenvalue weighted by Gasteiger charge is -2.33. The summed E-state index contributed by atoms with van der Waals surface area (Å²) in [4.78, 5) is 14.1. The van der Waals surface area contributed by atoms with Gasteiger partial charge in [-0.3, -0.25) is 9.69 Å². The number of nitrogens with zero attached hydrogens (tertiary/aromatic N) is 1. The molecule has 0 bridgehead atoms. The first kappa shape index (κ1) is 14.5. The summed E-state index contributed by atoms with van der Waals surface area (Å²) in [7, 11) is 0. The van der Waals surface area contributed by atoms with Crippen LogP contribution in [0.4, 0.5) is 0 Å². The molecular formula is C13H27N3O. The highest BCUT2D eigenvalue weighted by Crippen LogP contribution is 2.11. The molecule has 0 aliphatic carbocycles. The molecule has 0 saturated carbocycles. The highest BCUT2D eigenvalue weighted by molar-refractivity contribution is 5.81. The summed E-state index contributed by atoms with van der Waals surface area (Å²) < 4.78 is 0. The predicted octanol–water partition coefficient (Wildman–Crippen LogP) is 0.975. The molecule has 1 amide bonds. The van der Waals surface area contributed by atoms with E-state index in [1.54, 1.807) is 0 Å². The van der Waals surface area contributed by atoms with Crippen LogP contribution in [-0.4, -0.2) is 49.1 Å². The summed E-state index contributed by atoms with van der Waals surface area (Å²) in [5.74, 6) is 0.0957. The molecule has 0 aromatic rings. The van der Waals surface area contributed by atoms with E-state index in [-0.39, 0.29) is 11.9 Å². The van der Waals surface area contributed by atoms with Crippen molar-refractivity contribution in [1.29, 1.82) is 0 Å². The minimum atomic E-state index is -0.0952. The van der Waals surface area contributed by atoms with Gasteiger partial charge in [-0.15, -0.1) is 0 Å². The van der Waals surface area contributed by atoms with Crippen LogP contribution in [0.5, 0.6) is 0 Å². The Labute approximate surface area is 105 Å². The molecule has 17 heavy (non-hydrogen) atoms. The molecule has 0 radical (unpaired) electrons. The minimum Gasteiger partial charge on any atom is -0.355 e. The van der Waals surface area contributed by atoms with Crippen LogP contribution >= 0.6 is 0 Å². The van der Waals surface area contributed by atoms with Gasteiger partial charge in [-0.25, -0.2) is 0 Å². The standard InChI is InChI=1S/C13H27N3O/c1-4-14-13(17)12(3)15-10-11(2)16-8-6-5-7-9-16/h11-12,15H,4-10H2,1-3H3,(H,14,17). The maximum atomic E-state index is 11.5. The molecule has 0 spiro atoms. The predicted molar refractivity (Wildman–Crippen MR) is 71.0 cm³/mol. The second-order valence-corrected chi connectivity index (χ2v) is 4.97. The van der Waals surface area contributed by atoms with Crippen LogP contribution in [-0.2, 0) is 4.79 Å². The van der Waals surface area contributed by atoms with Gasteiger partial charge in [0.2, 0.25) is 5.91 Å². The van der Waals surface area contributed by atoms with E-state index in [0.29, 0.717) is 12.6 Å². The van der Waals surface area contributed by atoms with Crippen LogP contribution in [0.1, 0.15) is 40.0 Å². The molecule has 2 atom stereocenters. The Morgan fingerprint density at radius 1 is 1.24 bits per heavy atom. The fraction of sp³-hybridized carbons (Fsp3) is 0.923. The van der Waals surface area contributed by atoms with E-state index >= 15 is 0 Å². The largest absolute Gasteiger partial charge is 0.355 e. The minimum absolute atomic E-state index is 0.0952. The van der Waals surface area contributed by atoms with Gasteiger partial charge in [0, 0.05) is 19.1 Å². The van der Waals surface area contributed by atoms with Crippen LogP contribution in [0.25, 0.3) is 0 Å². The van der Waals surface area contributed by atoms with Crippen molar-refractivity contribution in [2.45, 2.75) is 52.1 Å². The highest BCUT2D eigenvalue weighted by atomic mass is 16.2. The van der Waals surface area contributed by atoms with E-state index in [2.05, 4.69) is 22.5 Å². The topological polar surface area (TPSA) is 44.4 Å². The molecule has 2 unspecified atom stereocenters. The Morgan fingerprint density at radius 3 is 2.47 bits per heavy atom. The smallest absolute Gasteiger partial charge is 0.236 e. The van der Waals surface area contributed by atoms with Crippen LogP contribution in [0.3, 0.4) is 0 Å². The van der Waals surface area contributed by atoms with E-state index in [4.69, 9.17) is 0 Å². The van der Waals surface area contributed by atoms with Gasteiger partial charge in [0.05, 0.1) is 6.04 Å². The molecule has 1 rings (SSSR count). The lowest BCUT2D eigenvalue weighted by molar-refractivity contribution is -0.122. The van der Waals surface area contributed by atoms with Gasteiger partial charge in [0.1, 0.15) is 0 Å². The second kappa shape index (κ2) is 7.67. The monoisotopic (exact) mass is 241 g/mol. The van der Waals surface area contributed by atoms with Gasteiger partial charge in [-0.05, 0) is 46.7 Å². The van der Waals surface area contributed by atoms with Gasteiger partial charge in [0.25, 0.3) is 0 Å². The average molecular weight is 241 g/mol. The van der Waals surface area contributed by atoms with E-state index < -0.39 is 0 Å². The molecule has 100 valence electrons. The maximum absolute atomic E-state index is 11.5. The summed E-state index contributed by atoms with van der Waals surface area (Å²) in [6.45, 7) is 10.1. The van der Waals surface area contributed by atoms with Gasteiger partial charge >= 0.3 is 0 Å². The Hall–Kier alpha value is -0.610. The number of amides is 1. The SMILES string of the molecule is CCNC(=O)C(C)NCC(C)N1CCCCC1.